The largest absolute Gasteiger partial charge is 0.471 e. The highest BCUT2D eigenvalue weighted by Crippen LogP contribution is 2.33. The van der Waals surface area contributed by atoms with E-state index in [4.69, 9.17) is 4.84 Å². The van der Waals surface area contributed by atoms with Crippen LogP contribution < -0.4 is 0 Å². The molecule has 0 bridgehead atoms. The van der Waals surface area contributed by atoms with Crippen LogP contribution in [0.3, 0.4) is 0 Å². The van der Waals surface area contributed by atoms with Gasteiger partial charge in [-0.15, -0.1) is 11.3 Å². The number of hydrogen-bond acceptors (Lipinski definition) is 6. The molecule has 0 aromatic carbocycles. The number of halogens is 3. The summed E-state index contributed by atoms with van der Waals surface area (Å²) >= 11 is 1.28. The maximum atomic E-state index is 12.5. The molecule has 10 heteroatoms. The van der Waals surface area contributed by atoms with Crippen molar-refractivity contribution < 1.29 is 27.3 Å². The van der Waals surface area contributed by atoms with E-state index in [1.165, 1.54) is 23.5 Å². The molecular formula is C13H12F3N3O3S. The lowest BCUT2D eigenvalue weighted by atomic mass is 10.3. The molecule has 0 spiro atoms. The summed E-state index contributed by atoms with van der Waals surface area (Å²) in [6.45, 7) is 0.223. The molecule has 0 unspecified atom stereocenters. The van der Waals surface area contributed by atoms with Gasteiger partial charge in [-0.2, -0.15) is 18.2 Å². The Morgan fingerprint density at radius 1 is 1.52 bits per heavy atom. The molecule has 0 saturated heterocycles. The molecule has 6 nitrogen and oxygen atoms in total. The summed E-state index contributed by atoms with van der Waals surface area (Å²) in [6, 6.07) is 1.61. The van der Waals surface area contributed by atoms with Crippen LogP contribution in [0.1, 0.15) is 23.6 Å². The molecule has 1 aliphatic carbocycles. The Labute approximate surface area is 132 Å². The van der Waals surface area contributed by atoms with Gasteiger partial charge in [0.2, 0.25) is 11.7 Å². The van der Waals surface area contributed by atoms with Gasteiger partial charge in [0.15, 0.2) is 0 Å². The zero-order valence-electron chi connectivity index (χ0n) is 12.0. The molecule has 1 aliphatic rings. The maximum absolute atomic E-state index is 12.5. The predicted octanol–water partition coefficient (Wildman–Crippen LogP) is 3.12. The third kappa shape index (κ3) is 3.53. The van der Waals surface area contributed by atoms with Gasteiger partial charge in [-0.1, -0.05) is 5.16 Å². The molecule has 1 fully saturated rings. The first-order chi connectivity index (χ1) is 10.9. The zero-order chi connectivity index (χ0) is 16.6. The van der Waals surface area contributed by atoms with Crippen molar-refractivity contribution in [2.75, 3.05) is 7.11 Å². The summed E-state index contributed by atoms with van der Waals surface area (Å²) in [5.74, 6) is -1.60. The Bertz CT molecular complexity index is 709. The van der Waals surface area contributed by atoms with Crippen LogP contribution in [0, 0.1) is 5.92 Å². The fourth-order valence-corrected chi connectivity index (χ4v) is 2.78. The lowest BCUT2D eigenvalue weighted by Crippen LogP contribution is -2.30. The van der Waals surface area contributed by atoms with Gasteiger partial charge in [-0.3, -0.25) is 9.63 Å². The minimum atomic E-state index is -4.67. The summed E-state index contributed by atoms with van der Waals surface area (Å²) in [4.78, 5) is 21.1. The normalized spacial score (nSPS) is 15.0. The number of alkyl halides is 3. The number of hydroxylamine groups is 2. The van der Waals surface area contributed by atoms with Crippen LogP contribution in [-0.2, 0) is 22.4 Å². The molecule has 0 N–H and O–H groups in total. The van der Waals surface area contributed by atoms with E-state index in [0.717, 1.165) is 17.7 Å². The second-order valence-corrected chi connectivity index (χ2v) is 6.05. The highest BCUT2D eigenvalue weighted by molar-refractivity contribution is 7.10. The van der Waals surface area contributed by atoms with Crippen molar-refractivity contribution in [2.45, 2.75) is 25.6 Å². The fraction of sp³-hybridized carbons (Fsp3) is 0.462. The van der Waals surface area contributed by atoms with Gasteiger partial charge in [-0.25, -0.2) is 5.06 Å². The summed E-state index contributed by atoms with van der Waals surface area (Å²) < 4.78 is 41.6. The first-order valence-corrected chi connectivity index (χ1v) is 7.60. The molecule has 1 saturated carbocycles. The van der Waals surface area contributed by atoms with Gasteiger partial charge in [0, 0.05) is 21.7 Å². The van der Waals surface area contributed by atoms with Crippen molar-refractivity contribution in [3.05, 3.63) is 22.2 Å². The van der Waals surface area contributed by atoms with E-state index in [0.29, 0.717) is 5.56 Å². The summed E-state index contributed by atoms with van der Waals surface area (Å²) in [7, 11) is 1.41. The molecule has 0 aliphatic heterocycles. The molecule has 1 amide bonds. The van der Waals surface area contributed by atoms with Gasteiger partial charge in [0.25, 0.3) is 0 Å². The lowest BCUT2D eigenvalue weighted by Gasteiger charge is -2.18. The topological polar surface area (TPSA) is 68.5 Å². The molecule has 0 radical (unpaired) electrons. The van der Waals surface area contributed by atoms with E-state index in [1.54, 1.807) is 11.4 Å². The molecular weight excluding hydrogens is 335 g/mol. The number of carbonyl (C=O) groups excluding carboxylic acids is 1. The van der Waals surface area contributed by atoms with E-state index in [2.05, 4.69) is 14.7 Å². The second-order valence-electron chi connectivity index (χ2n) is 5.05. The Morgan fingerprint density at radius 3 is 2.83 bits per heavy atom. The van der Waals surface area contributed by atoms with Crippen molar-refractivity contribution in [1.82, 2.24) is 15.2 Å². The van der Waals surface area contributed by atoms with Crippen LogP contribution in [0.2, 0.25) is 0 Å². The van der Waals surface area contributed by atoms with E-state index in [-0.39, 0.29) is 24.2 Å². The van der Waals surface area contributed by atoms with Crippen LogP contribution in [0.4, 0.5) is 13.2 Å². The number of thiophene rings is 1. The predicted molar refractivity (Wildman–Crippen MR) is 72.9 cm³/mol. The quantitative estimate of drug-likeness (QED) is 0.778. The number of carbonyl (C=O) groups is 1. The van der Waals surface area contributed by atoms with Gasteiger partial charge >= 0.3 is 12.1 Å². The minimum Gasteiger partial charge on any atom is -0.329 e. The Balaban J connectivity index is 1.72. The Morgan fingerprint density at radius 2 is 2.26 bits per heavy atom. The van der Waals surface area contributed by atoms with Crippen LogP contribution in [0.5, 0.6) is 0 Å². The van der Waals surface area contributed by atoms with Crippen molar-refractivity contribution >= 4 is 17.2 Å². The SMILES string of the molecule is CON(Cc1cc(-c2noc(C(F)(F)F)n2)cs1)C(=O)C1CC1. The van der Waals surface area contributed by atoms with E-state index < -0.39 is 12.1 Å². The highest BCUT2D eigenvalue weighted by Gasteiger charge is 2.38. The maximum Gasteiger partial charge on any atom is 0.471 e. The molecule has 23 heavy (non-hydrogen) atoms. The Hall–Kier alpha value is -1.94. The molecule has 2 heterocycles. The second kappa shape index (κ2) is 5.93. The van der Waals surface area contributed by atoms with Crippen molar-refractivity contribution in [2.24, 2.45) is 5.92 Å². The van der Waals surface area contributed by atoms with Crippen LogP contribution >= 0.6 is 11.3 Å². The third-order valence-corrected chi connectivity index (χ3v) is 4.19. The number of amides is 1. The molecule has 3 rings (SSSR count). The van der Waals surface area contributed by atoms with Crippen molar-refractivity contribution in [3.63, 3.8) is 0 Å². The summed E-state index contributed by atoms with van der Waals surface area (Å²) in [5.41, 5.74) is 0.402. The van der Waals surface area contributed by atoms with Crippen LogP contribution in [0.15, 0.2) is 16.0 Å². The average Bonchev–Trinajstić information content (AvgIpc) is 3.03. The van der Waals surface area contributed by atoms with Crippen LogP contribution in [0.25, 0.3) is 11.4 Å². The number of hydrogen-bond donors (Lipinski definition) is 0. The molecule has 2 aromatic rings. The first-order valence-electron chi connectivity index (χ1n) is 6.72. The first kappa shape index (κ1) is 15.9. The number of rotatable bonds is 5. The van der Waals surface area contributed by atoms with Gasteiger partial charge in [-0.05, 0) is 18.9 Å². The van der Waals surface area contributed by atoms with Crippen molar-refractivity contribution in [3.8, 4) is 11.4 Å². The Kier molecular flexibility index (Phi) is 4.11. The van der Waals surface area contributed by atoms with Crippen molar-refractivity contribution in [1.29, 1.82) is 0 Å². The standard InChI is InChI=1S/C13H12F3N3O3S/c1-21-19(11(20)7-2-3-7)5-9-4-8(6-23-9)10-17-12(22-18-10)13(14,15)16/h4,6-7H,2-3,5H2,1H3. The fourth-order valence-electron chi connectivity index (χ4n) is 1.94. The third-order valence-electron chi connectivity index (χ3n) is 3.27. The molecule has 0 atom stereocenters. The average molecular weight is 347 g/mol. The van der Waals surface area contributed by atoms with E-state index in [9.17, 15) is 18.0 Å². The molecule has 2 aromatic heterocycles. The number of nitrogens with zero attached hydrogens (tertiary/aromatic N) is 3. The van der Waals surface area contributed by atoms with Gasteiger partial charge in [0.05, 0.1) is 13.7 Å². The van der Waals surface area contributed by atoms with E-state index in [1.807, 2.05) is 0 Å². The smallest absolute Gasteiger partial charge is 0.329 e. The van der Waals surface area contributed by atoms with Gasteiger partial charge in [0.1, 0.15) is 0 Å². The zero-order valence-corrected chi connectivity index (χ0v) is 12.8. The number of aromatic nitrogens is 2. The lowest BCUT2D eigenvalue weighted by molar-refractivity contribution is -0.180. The summed E-state index contributed by atoms with van der Waals surface area (Å²) in [6.07, 6.45) is -2.96. The van der Waals surface area contributed by atoms with Gasteiger partial charge < -0.3 is 4.52 Å². The monoisotopic (exact) mass is 347 g/mol. The molecule has 124 valence electrons. The highest BCUT2D eigenvalue weighted by atomic mass is 32.1. The summed E-state index contributed by atoms with van der Waals surface area (Å²) in [5, 5.41) is 6.19. The minimum absolute atomic E-state index is 0.0148. The van der Waals surface area contributed by atoms with Crippen LogP contribution in [-0.4, -0.2) is 28.2 Å². The van der Waals surface area contributed by atoms with E-state index >= 15 is 0 Å².